The Balaban J connectivity index is 1.61. The zero-order valence-electron chi connectivity index (χ0n) is 19.4. The number of benzene rings is 2. The van der Waals surface area contributed by atoms with E-state index in [1.165, 1.54) is 31.0 Å². The smallest absolute Gasteiger partial charge is 0.237 e. The van der Waals surface area contributed by atoms with Crippen LogP contribution in [-0.2, 0) is 4.79 Å². The number of anilines is 1. The Morgan fingerprint density at radius 3 is 2.45 bits per heavy atom. The second-order valence-electron chi connectivity index (χ2n) is 8.11. The standard InChI is InChI=1S/C25H30N4O3S/c1-28(19-10-6-4-7-11-19)23(30)17-33-25-27-26-24(29(25)20-12-8-5-9-13-20)18-14-15-21(31-2)22(16-18)32-3/h4,6-7,10-11,14-16,20H,5,8-9,12-13,17H2,1-3H3. The van der Waals surface area contributed by atoms with Crippen molar-refractivity contribution >= 4 is 23.4 Å². The number of hydrogen-bond acceptors (Lipinski definition) is 6. The van der Waals surface area contributed by atoms with Gasteiger partial charge in [-0.2, -0.15) is 0 Å². The van der Waals surface area contributed by atoms with E-state index in [0.717, 1.165) is 35.1 Å². The number of hydrogen-bond donors (Lipinski definition) is 0. The van der Waals surface area contributed by atoms with Crippen molar-refractivity contribution in [3.05, 3.63) is 48.5 Å². The highest BCUT2D eigenvalue weighted by molar-refractivity contribution is 7.99. The van der Waals surface area contributed by atoms with E-state index in [1.807, 2.05) is 48.5 Å². The van der Waals surface area contributed by atoms with Gasteiger partial charge in [0, 0.05) is 24.3 Å². The van der Waals surface area contributed by atoms with Crippen molar-refractivity contribution in [3.8, 4) is 22.9 Å². The quantitative estimate of drug-likeness (QED) is 0.424. The Labute approximate surface area is 199 Å². The zero-order chi connectivity index (χ0) is 23.2. The van der Waals surface area contributed by atoms with Crippen LogP contribution in [0.25, 0.3) is 11.4 Å². The summed E-state index contributed by atoms with van der Waals surface area (Å²) in [5, 5.41) is 9.83. The van der Waals surface area contributed by atoms with Crippen LogP contribution in [0.3, 0.4) is 0 Å². The first-order chi connectivity index (χ1) is 16.1. The van der Waals surface area contributed by atoms with Gasteiger partial charge in [0.1, 0.15) is 0 Å². The van der Waals surface area contributed by atoms with E-state index in [0.29, 0.717) is 23.3 Å². The third kappa shape index (κ3) is 5.16. The Morgan fingerprint density at radius 2 is 1.76 bits per heavy atom. The summed E-state index contributed by atoms with van der Waals surface area (Å²) in [4.78, 5) is 14.5. The molecule has 0 aliphatic heterocycles. The second-order valence-corrected chi connectivity index (χ2v) is 9.06. The highest BCUT2D eigenvalue weighted by Gasteiger charge is 2.25. The lowest BCUT2D eigenvalue weighted by molar-refractivity contribution is -0.115. The predicted octanol–water partition coefficient (Wildman–Crippen LogP) is 5.22. The fourth-order valence-corrected chi connectivity index (χ4v) is 5.15. The predicted molar refractivity (Wildman–Crippen MR) is 131 cm³/mol. The molecule has 1 heterocycles. The highest BCUT2D eigenvalue weighted by Crippen LogP contribution is 2.38. The summed E-state index contributed by atoms with van der Waals surface area (Å²) in [6.45, 7) is 0. The maximum absolute atomic E-state index is 12.9. The second kappa shape index (κ2) is 10.7. The first-order valence-corrected chi connectivity index (χ1v) is 12.2. The van der Waals surface area contributed by atoms with Gasteiger partial charge in [-0.15, -0.1) is 10.2 Å². The van der Waals surface area contributed by atoms with Gasteiger partial charge in [-0.1, -0.05) is 49.2 Å². The molecule has 0 radical (unpaired) electrons. The Kier molecular flexibility index (Phi) is 7.54. The van der Waals surface area contributed by atoms with E-state index in [4.69, 9.17) is 9.47 Å². The van der Waals surface area contributed by atoms with E-state index >= 15 is 0 Å². The molecule has 0 atom stereocenters. The van der Waals surface area contributed by atoms with E-state index in [9.17, 15) is 4.79 Å². The normalized spacial score (nSPS) is 14.2. The molecule has 33 heavy (non-hydrogen) atoms. The van der Waals surface area contributed by atoms with Crippen molar-refractivity contribution in [1.82, 2.24) is 14.8 Å². The van der Waals surface area contributed by atoms with E-state index in [-0.39, 0.29) is 5.91 Å². The molecule has 1 saturated carbocycles. The minimum absolute atomic E-state index is 0.0251. The van der Waals surface area contributed by atoms with Gasteiger partial charge in [-0.25, -0.2) is 0 Å². The van der Waals surface area contributed by atoms with Crippen LogP contribution >= 0.6 is 11.8 Å². The molecule has 0 bridgehead atoms. The molecular formula is C25H30N4O3S. The average Bonchev–Trinajstić information content (AvgIpc) is 3.31. The van der Waals surface area contributed by atoms with Gasteiger partial charge in [-0.05, 0) is 43.2 Å². The molecule has 174 valence electrons. The minimum atomic E-state index is 0.0251. The monoisotopic (exact) mass is 466 g/mol. The number of thioether (sulfide) groups is 1. The summed E-state index contributed by atoms with van der Waals surface area (Å²) in [6, 6.07) is 15.8. The number of ether oxygens (including phenoxy) is 2. The van der Waals surface area contributed by atoms with Gasteiger partial charge in [0.15, 0.2) is 22.5 Å². The molecule has 0 N–H and O–H groups in total. The number of amides is 1. The van der Waals surface area contributed by atoms with Crippen LogP contribution in [-0.4, -0.2) is 47.7 Å². The lowest BCUT2D eigenvalue weighted by atomic mass is 9.95. The van der Waals surface area contributed by atoms with Crippen LogP contribution in [0.5, 0.6) is 11.5 Å². The van der Waals surface area contributed by atoms with Crippen LogP contribution in [0.2, 0.25) is 0 Å². The molecule has 7 nitrogen and oxygen atoms in total. The third-order valence-electron chi connectivity index (χ3n) is 6.09. The summed E-state index contributed by atoms with van der Waals surface area (Å²) < 4.78 is 13.1. The molecule has 1 amide bonds. The van der Waals surface area contributed by atoms with Gasteiger partial charge in [0.25, 0.3) is 0 Å². The molecular weight excluding hydrogens is 436 g/mol. The van der Waals surface area contributed by atoms with E-state index in [2.05, 4.69) is 14.8 Å². The number of carbonyl (C=O) groups excluding carboxylic acids is 1. The summed E-state index contributed by atoms with van der Waals surface area (Å²) >= 11 is 1.45. The summed E-state index contributed by atoms with van der Waals surface area (Å²) in [5.74, 6) is 2.45. The van der Waals surface area contributed by atoms with Crippen LogP contribution in [0.15, 0.2) is 53.7 Å². The molecule has 1 aromatic heterocycles. The molecule has 2 aromatic carbocycles. The average molecular weight is 467 g/mol. The van der Waals surface area contributed by atoms with Crippen molar-refractivity contribution in [2.24, 2.45) is 0 Å². The fourth-order valence-electron chi connectivity index (χ4n) is 4.23. The summed E-state index contributed by atoms with van der Waals surface area (Å²) in [6.07, 6.45) is 5.81. The third-order valence-corrected chi connectivity index (χ3v) is 7.02. The molecule has 0 unspecified atom stereocenters. The van der Waals surface area contributed by atoms with Gasteiger partial charge in [0.05, 0.1) is 20.0 Å². The molecule has 1 aliphatic carbocycles. The molecule has 0 spiro atoms. The van der Waals surface area contributed by atoms with Crippen molar-refractivity contribution < 1.29 is 14.3 Å². The minimum Gasteiger partial charge on any atom is -0.493 e. The van der Waals surface area contributed by atoms with Gasteiger partial charge >= 0.3 is 0 Å². The molecule has 0 saturated heterocycles. The SMILES string of the molecule is COc1ccc(-c2nnc(SCC(=O)N(C)c3ccccc3)n2C2CCCCC2)cc1OC. The highest BCUT2D eigenvalue weighted by atomic mass is 32.2. The Morgan fingerprint density at radius 1 is 1.03 bits per heavy atom. The van der Waals surface area contributed by atoms with Crippen LogP contribution in [0.4, 0.5) is 5.69 Å². The first kappa shape index (κ1) is 23.2. The zero-order valence-corrected chi connectivity index (χ0v) is 20.2. The number of methoxy groups -OCH3 is 2. The molecule has 1 fully saturated rings. The maximum atomic E-state index is 12.9. The summed E-state index contributed by atoms with van der Waals surface area (Å²) in [7, 11) is 5.06. The fraction of sp³-hybridized carbons (Fsp3) is 0.400. The van der Waals surface area contributed by atoms with Crippen molar-refractivity contribution in [2.75, 3.05) is 31.9 Å². The Hall–Kier alpha value is -3.00. The number of para-hydroxylation sites is 1. The van der Waals surface area contributed by atoms with Crippen molar-refractivity contribution in [2.45, 2.75) is 43.3 Å². The lowest BCUT2D eigenvalue weighted by Gasteiger charge is -2.26. The first-order valence-electron chi connectivity index (χ1n) is 11.2. The lowest BCUT2D eigenvalue weighted by Crippen LogP contribution is -2.28. The van der Waals surface area contributed by atoms with Crippen molar-refractivity contribution in [1.29, 1.82) is 0 Å². The number of nitrogens with zero attached hydrogens (tertiary/aromatic N) is 4. The van der Waals surface area contributed by atoms with Crippen molar-refractivity contribution in [3.63, 3.8) is 0 Å². The molecule has 4 rings (SSSR count). The topological polar surface area (TPSA) is 69.5 Å². The number of aromatic nitrogens is 3. The van der Waals surface area contributed by atoms with Gasteiger partial charge < -0.3 is 14.4 Å². The number of carbonyl (C=O) groups is 1. The van der Waals surface area contributed by atoms with E-state index in [1.54, 1.807) is 26.2 Å². The summed E-state index contributed by atoms with van der Waals surface area (Å²) in [5.41, 5.74) is 1.80. The maximum Gasteiger partial charge on any atom is 0.237 e. The van der Waals surface area contributed by atoms with Crippen LogP contribution in [0, 0.1) is 0 Å². The largest absolute Gasteiger partial charge is 0.493 e. The molecule has 3 aromatic rings. The molecule has 8 heteroatoms. The van der Waals surface area contributed by atoms with Crippen LogP contribution in [0.1, 0.15) is 38.1 Å². The van der Waals surface area contributed by atoms with Crippen LogP contribution < -0.4 is 14.4 Å². The Bertz CT molecular complexity index is 1080. The van der Waals surface area contributed by atoms with E-state index < -0.39 is 0 Å². The number of rotatable bonds is 8. The molecule has 1 aliphatic rings. The van der Waals surface area contributed by atoms with Gasteiger partial charge in [0.2, 0.25) is 5.91 Å². The van der Waals surface area contributed by atoms with Gasteiger partial charge in [-0.3, -0.25) is 9.36 Å².